The summed E-state index contributed by atoms with van der Waals surface area (Å²) in [5, 5.41) is 7.01. The highest BCUT2D eigenvalue weighted by molar-refractivity contribution is 5.36. The van der Waals surface area contributed by atoms with E-state index in [0.29, 0.717) is 18.4 Å². The molecule has 3 rings (SSSR count). The summed E-state index contributed by atoms with van der Waals surface area (Å²) >= 11 is 0. The van der Waals surface area contributed by atoms with Crippen LogP contribution in [0.3, 0.4) is 0 Å². The second kappa shape index (κ2) is 4.68. The molecule has 0 bridgehead atoms. The van der Waals surface area contributed by atoms with Crippen molar-refractivity contribution in [1.82, 2.24) is 10.1 Å². The number of ether oxygens (including phenoxy) is 1. The average molecular weight is 245 g/mol. The molecule has 18 heavy (non-hydrogen) atoms. The molecule has 0 spiro atoms. The lowest BCUT2D eigenvalue weighted by Crippen LogP contribution is -2.20. The van der Waals surface area contributed by atoms with E-state index in [-0.39, 0.29) is 5.92 Å². The van der Waals surface area contributed by atoms with E-state index in [1.807, 2.05) is 25.1 Å². The maximum absolute atomic E-state index is 5.72. The fraction of sp³-hybridized carbons (Fsp3) is 0.385. The zero-order chi connectivity index (χ0) is 12.4. The van der Waals surface area contributed by atoms with Gasteiger partial charge in [0.2, 0.25) is 0 Å². The fourth-order valence-electron chi connectivity index (χ4n) is 2.12. The zero-order valence-corrected chi connectivity index (χ0v) is 10.2. The number of rotatable bonds is 3. The van der Waals surface area contributed by atoms with Crippen LogP contribution >= 0.6 is 0 Å². The Morgan fingerprint density at radius 3 is 3.17 bits per heavy atom. The first kappa shape index (κ1) is 11.1. The Morgan fingerprint density at radius 2 is 2.28 bits per heavy atom. The first-order chi connectivity index (χ1) is 8.86. The number of para-hydroxylation sites is 1. The molecule has 0 fully saturated rings. The highest BCUT2D eigenvalue weighted by Gasteiger charge is 2.25. The molecule has 1 aliphatic rings. The van der Waals surface area contributed by atoms with Crippen molar-refractivity contribution in [2.24, 2.45) is 0 Å². The lowest BCUT2D eigenvalue weighted by Gasteiger charge is -2.22. The van der Waals surface area contributed by atoms with Crippen molar-refractivity contribution >= 4 is 6.01 Å². The van der Waals surface area contributed by atoms with Crippen LogP contribution in [0.5, 0.6) is 5.75 Å². The van der Waals surface area contributed by atoms with E-state index < -0.39 is 0 Å². The van der Waals surface area contributed by atoms with Gasteiger partial charge in [-0.25, -0.2) is 0 Å². The third-order valence-corrected chi connectivity index (χ3v) is 3.01. The van der Waals surface area contributed by atoms with Gasteiger partial charge in [-0.1, -0.05) is 23.4 Å². The third kappa shape index (κ3) is 2.03. The van der Waals surface area contributed by atoms with Gasteiger partial charge in [0.05, 0.1) is 12.5 Å². The molecule has 2 heterocycles. The monoisotopic (exact) mass is 245 g/mol. The molecule has 0 aliphatic carbocycles. The summed E-state index contributed by atoms with van der Waals surface area (Å²) in [7, 11) is 0. The molecule has 1 aromatic carbocycles. The summed E-state index contributed by atoms with van der Waals surface area (Å²) in [6.45, 7) is 3.36. The van der Waals surface area contributed by atoms with E-state index in [1.165, 1.54) is 5.56 Å². The van der Waals surface area contributed by atoms with Gasteiger partial charge in [-0.3, -0.25) is 0 Å². The molecule has 5 heteroatoms. The second-order valence-electron chi connectivity index (χ2n) is 4.31. The minimum Gasteiger partial charge on any atom is -0.493 e. The number of hydrogen-bond acceptors (Lipinski definition) is 5. The van der Waals surface area contributed by atoms with Gasteiger partial charge in [0.1, 0.15) is 5.75 Å². The SMILES string of the molecule is CCNc1nc(C2COc3ccccc3C2)no1. The standard InChI is InChI=1S/C13H15N3O2/c1-2-14-13-15-12(16-18-13)10-7-9-5-3-4-6-11(9)17-8-10/h3-6,10H,2,7-8H2,1H3,(H,14,15,16). The van der Waals surface area contributed by atoms with Crippen molar-refractivity contribution in [1.29, 1.82) is 0 Å². The Hall–Kier alpha value is -2.04. The Morgan fingerprint density at radius 1 is 1.39 bits per heavy atom. The third-order valence-electron chi connectivity index (χ3n) is 3.01. The number of nitrogens with one attached hydrogen (secondary N) is 1. The van der Waals surface area contributed by atoms with E-state index in [2.05, 4.69) is 21.5 Å². The molecule has 0 saturated heterocycles. The molecule has 1 N–H and O–H groups in total. The number of nitrogens with zero attached hydrogens (tertiary/aromatic N) is 2. The predicted molar refractivity (Wildman–Crippen MR) is 66.8 cm³/mol. The van der Waals surface area contributed by atoms with E-state index in [0.717, 1.165) is 18.7 Å². The van der Waals surface area contributed by atoms with Crippen LogP contribution in [0, 0.1) is 0 Å². The first-order valence-electron chi connectivity index (χ1n) is 6.15. The largest absolute Gasteiger partial charge is 0.493 e. The van der Waals surface area contributed by atoms with Gasteiger partial charge < -0.3 is 14.6 Å². The van der Waals surface area contributed by atoms with E-state index >= 15 is 0 Å². The lowest BCUT2D eigenvalue weighted by molar-refractivity contribution is 0.254. The Balaban J connectivity index is 1.78. The van der Waals surface area contributed by atoms with Gasteiger partial charge >= 0.3 is 6.01 Å². The van der Waals surface area contributed by atoms with E-state index in [9.17, 15) is 0 Å². The van der Waals surface area contributed by atoms with Crippen molar-refractivity contribution < 1.29 is 9.26 Å². The van der Waals surface area contributed by atoms with Crippen molar-refractivity contribution in [2.45, 2.75) is 19.3 Å². The average Bonchev–Trinajstić information content (AvgIpc) is 2.87. The molecular weight excluding hydrogens is 230 g/mol. The van der Waals surface area contributed by atoms with Gasteiger partial charge in [-0.2, -0.15) is 4.98 Å². The van der Waals surface area contributed by atoms with Gasteiger partial charge in [-0.05, 0) is 25.0 Å². The number of fused-ring (bicyclic) bond motifs is 1. The molecule has 1 aliphatic heterocycles. The van der Waals surface area contributed by atoms with Crippen LogP contribution in [-0.4, -0.2) is 23.3 Å². The number of benzene rings is 1. The van der Waals surface area contributed by atoms with Crippen molar-refractivity contribution in [3.05, 3.63) is 35.7 Å². The van der Waals surface area contributed by atoms with Crippen LogP contribution < -0.4 is 10.1 Å². The number of aromatic nitrogens is 2. The van der Waals surface area contributed by atoms with Crippen molar-refractivity contribution in [3.63, 3.8) is 0 Å². The molecule has 0 saturated carbocycles. The molecule has 2 aromatic rings. The van der Waals surface area contributed by atoms with E-state index in [4.69, 9.17) is 9.26 Å². The van der Waals surface area contributed by atoms with Crippen LogP contribution in [-0.2, 0) is 6.42 Å². The minimum atomic E-state index is 0.163. The summed E-state index contributed by atoms with van der Waals surface area (Å²) < 4.78 is 10.8. The predicted octanol–water partition coefficient (Wildman–Crippen LogP) is 2.22. The maximum atomic E-state index is 5.72. The topological polar surface area (TPSA) is 60.2 Å². The van der Waals surface area contributed by atoms with E-state index in [1.54, 1.807) is 0 Å². The summed E-state index contributed by atoms with van der Waals surface area (Å²) in [5.41, 5.74) is 1.20. The van der Waals surface area contributed by atoms with Crippen molar-refractivity contribution in [3.8, 4) is 5.75 Å². The Labute approximate surface area is 105 Å². The molecule has 0 radical (unpaired) electrons. The van der Waals surface area contributed by atoms with Gasteiger partial charge in [0.15, 0.2) is 5.82 Å². The normalized spacial score (nSPS) is 17.9. The van der Waals surface area contributed by atoms with Crippen LogP contribution in [0.2, 0.25) is 0 Å². The highest BCUT2D eigenvalue weighted by atomic mass is 16.5. The smallest absolute Gasteiger partial charge is 0.321 e. The molecule has 0 amide bonds. The molecular formula is C13H15N3O2. The molecule has 5 nitrogen and oxygen atoms in total. The number of hydrogen-bond donors (Lipinski definition) is 1. The zero-order valence-electron chi connectivity index (χ0n) is 10.2. The Kier molecular flexibility index (Phi) is 2.88. The van der Waals surface area contributed by atoms with Crippen molar-refractivity contribution in [2.75, 3.05) is 18.5 Å². The van der Waals surface area contributed by atoms with Crippen LogP contribution in [0.4, 0.5) is 6.01 Å². The summed E-state index contributed by atoms with van der Waals surface area (Å²) in [4.78, 5) is 4.33. The lowest BCUT2D eigenvalue weighted by atomic mass is 9.96. The van der Waals surface area contributed by atoms with Gasteiger partial charge in [0.25, 0.3) is 0 Å². The first-order valence-corrected chi connectivity index (χ1v) is 6.15. The highest BCUT2D eigenvalue weighted by Crippen LogP contribution is 2.31. The fourth-order valence-corrected chi connectivity index (χ4v) is 2.12. The molecule has 1 atom stereocenters. The van der Waals surface area contributed by atoms with Gasteiger partial charge in [0, 0.05) is 6.54 Å². The van der Waals surface area contributed by atoms with Crippen LogP contribution in [0.15, 0.2) is 28.8 Å². The summed E-state index contributed by atoms with van der Waals surface area (Å²) in [6, 6.07) is 8.55. The second-order valence-corrected chi connectivity index (χ2v) is 4.31. The minimum absolute atomic E-state index is 0.163. The molecule has 1 unspecified atom stereocenters. The summed E-state index contributed by atoms with van der Waals surface area (Å²) in [5.74, 6) is 1.83. The van der Waals surface area contributed by atoms with Crippen LogP contribution in [0.25, 0.3) is 0 Å². The number of anilines is 1. The maximum Gasteiger partial charge on any atom is 0.321 e. The quantitative estimate of drug-likeness (QED) is 0.898. The molecule has 94 valence electrons. The van der Waals surface area contributed by atoms with Crippen LogP contribution in [0.1, 0.15) is 24.2 Å². The summed E-state index contributed by atoms with van der Waals surface area (Å²) in [6.07, 6.45) is 0.890. The Bertz CT molecular complexity index is 539. The van der Waals surface area contributed by atoms with Gasteiger partial charge in [-0.15, -0.1) is 0 Å². The molecule has 1 aromatic heterocycles.